The molecule has 4 rings (SSSR count). The lowest BCUT2D eigenvalue weighted by Crippen LogP contribution is -2.41. The van der Waals surface area contributed by atoms with Gasteiger partial charge in [0.2, 0.25) is 0 Å². The maximum atomic E-state index is 6.33. The molecule has 3 aromatic carbocycles. The molecule has 0 aliphatic carbocycles. The summed E-state index contributed by atoms with van der Waals surface area (Å²) in [5.74, 6) is 0. The van der Waals surface area contributed by atoms with Gasteiger partial charge in [-0.15, -0.1) is 0 Å². The number of rotatable bonds is 3. The summed E-state index contributed by atoms with van der Waals surface area (Å²) >= 11 is 0. The molecule has 0 radical (unpaired) electrons. The predicted molar refractivity (Wildman–Crippen MR) is 118 cm³/mol. The minimum absolute atomic E-state index is 0.357. The molecule has 3 heteroatoms. The highest BCUT2D eigenvalue weighted by Crippen LogP contribution is 2.37. The number of aryl methyl sites for hydroxylation is 1. The van der Waals surface area contributed by atoms with Crippen LogP contribution < -0.4 is 5.46 Å². The van der Waals surface area contributed by atoms with Gasteiger partial charge in [0.05, 0.1) is 11.2 Å². The van der Waals surface area contributed by atoms with Gasteiger partial charge in [0.25, 0.3) is 0 Å². The van der Waals surface area contributed by atoms with Gasteiger partial charge in [-0.3, -0.25) is 0 Å². The van der Waals surface area contributed by atoms with Crippen molar-refractivity contribution in [2.24, 2.45) is 0 Å². The highest BCUT2D eigenvalue weighted by Gasteiger charge is 2.51. The summed E-state index contributed by atoms with van der Waals surface area (Å²) in [7, 11) is -0.378. The van der Waals surface area contributed by atoms with Crippen molar-refractivity contribution in [3.63, 3.8) is 0 Å². The smallest absolute Gasteiger partial charge is 0.399 e. The molecule has 0 saturated carbocycles. The second-order valence-electron chi connectivity index (χ2n) is 8.67. The Kier molecular flexibility index (Phi) is 4.69. The van der Waals surface area contributed by atoms with E-state index < -0.39 is 0 Å². The third-order valence-corrected chi connectivity index (χ3v) is 5.94. The van der Waals surface area contributed by atoms with Crippen molar-refractivity contribution in [3.05, 3.63) is 78.4 Å². The minimum Gasteiger partial charge on any atom is -0.399 e. The molecule has 0 bridgehead atoms. The molecule has 0 aromatic heterocycles. The second-order valence-corrected chi connectivity index (χ2v) is 8.67. The molecule has 2 nitrogen and oxygen atoms in total. The second kappa shape index (κ2) is 6.91. The van der Waals surface area contributed by atoms with E-state index >= 15 is 0 Å². The SMILES string of the molecule is Cc1cccc(-c2cc(B3OC(C)(C)C(C)(C)O3)cc(-c3ccccc3)c2)c1. The Morgan fingerprint density at radius 2 is 1.18 bits per heavy atom. The van der Waals surface area contributed by atoms with Gasteiger partial charge in [0.1, 0.15) is 0 Å². The first-order chi connectivity index (χ1) is 13.2. The number of hydrogen-bond acceptors (Lipinski definition) is 2. The lowest BCUT2D eigenvalue weighted by Gasteiger charge is -2.32. The monoisotopic (exact) mass is 370 g/mol. The maximum absolute atomic E-state index is 6.33. The zero-order chi connectivity index (χ0) is 19.9. The van der Waals surface area contributed by atoms with Gasteiger partial charge in [-0.25, -0.2) is 0 Å². The molecular weight excluding hydrogens is 343 g/mol. The van der Waals surface area contributed by atoms with Crippen LogP contribution in [0.15, 0.2) is 72.8 Å². The van der Waals surface area contributed by atoms with Crippen molar-refractivity contribution < 1.29 is 9.31 Å². The first kappa shape index (κ1) is 19.0. The molecule has 3 aromatic rings. The van der Waals surface area contributed by atoms with E-state index in [1.54, 1.807) is 0 Å². The van der Waals surface area contributed by atoms with Crippen LogP contribution in [-0.4, -0.2) is 18.3 Å². The van der Waals surface area contributed by atoms with Crippen LogP contribution in [0.3, 0.4) is 0 Å². The molecule has 0 spiro atoms. The van der Waals surface area contributed by atoms with E-state index in [4.69, 9.17) is 9.31 Å². The standard InChI is InChI=1S/C25H27BO2/c1-18-10-9-13-20(14-18)22-15-21(19-11-7-6-8-12-19)16-23(17-22)26-27-24(2,3)25(4,5)28-26/h6-17H,1-5H3. The fraction of sp³-hybridized carbons (Fsp3) is 0.280. The van der Waals surface area contributed by atoms with Crippen molar-refractivity contribution in [3.8, 4) is 22.3 Å². The summed E-state index contributed by atoms with van der Waals surface area (Å²) in [4.78, 5) is 0. The highest BCUT2D eigenvalue weighted by atomic mass is 16.7. The first-order valence-corrected chi connectivity index (χ1v) is 9.88. The van der Waals surface area contributed by atoms with Crippen molar-refractivity contribution in [1.29, 1.82) is 0 Å². The summed E-state index contributed by atoms with van der Waals surface area (Å²) in [5.41, 5.74) is 6.33. The molecule has 1 aliphatic rings. The zero-order valence-corrected chi connectivity index (χ0v) is 17.3. The Hall–Kier alpha value is -2.36. The van der Waals surface area contributed by atoms with E-state index in [2.05, 4.69) is 101 Å². The number of hydrogen-bond donors (Lipinski definition) is 0. The predicted octanol–water partition coefficient (Wildman–Crippen LogP) is 5.63. The van der Waals surface area contributed by atoms with Crippen LogP contribution in [0.1, 0.15) is 33.3 Å². The summed E-state index contributed by atoms with van der Waals surface area (Å²) in [6.07, 6.45) is 0. The summed E-state index contributed by atoms with van der Waals surface area (Å²) in [6.45, 7) is 10.5. The summed E-state index contributed by atoms with van der Waals surface area (Å²) in [6, 6.07) is 25.7. The molecule has 0 amide bonds. The topological polar surface area (TPSA) is 18.5 Å². The minimum atomic E-state index is -0.378. The quantitative estimate of drug-likeness (QED) is 0.557. The van der Waals surface area contributed by atoms with Crippen molar-refractivity contribution in [2.45, 2.75) is 45.8 Å². The van der Waals surface area contributed by atoms with Crippen molar-refractivity contribution >= 4 is 12.6 Å². The average Bonchev–Trinajstić information content (AvgIpc) is 2.89. The van der Waals surface area contributed by atoms with E-state index in [1.165, 1.54) is 27.8 Å². The molecule has 0 N–H and O–H groups in total. The molecule has 28 heavy (non-hydrogen) atoms. The zero-order valence-electron chi connectivity index (χ0n) is 17.3. The normalized spacial score (nSPS) is 17.7. The van der Waals surface area contributed by atoms with Crippen LogP contribution in [0.25, 0.3) is 22.3 Å². The Morgan fingerprint density at radius 3 is 1.79 bits per heavy atom. The van der Waals surface area contributed by atoms with E-state index in [1.807, 2.05) is 6.07 Å². The molecule has 1 saturated heterocycles. The fourth-order valence-electron chi connectivity index (χ4n) is 3.56. The summed E-state index contributed by atoms with van der Waals surface area (Å²) < 4.78 is 12.7. The van der Waals surface area contributed by atoms with Gasteiger partial charge in [0, 0.05) is 0 Å². The van der Waals surface area contributed by atoms with Crippen LogP contribution in [0.5, 0.6) is 0 Å². The van der Waals surface area contributed by atoms with Gasteiger partial charge < -0.3 is 9.31 Å². The van der Waals surface area contributed by atoms with Gasteiger partial charge in [-0.1, -0.05) is 72.3 Å². The molecule has 0 atom stereocenters. The molecule has 1 heterocycles. The van der Waals surface area contributed by atoms with Gasteiger partial charge in [-0.05, 0) is 68.4 Å². The number of benzene rings is 3. The highest BCUT2D eigenvalue weighted by molar-refractivity contribution is 6.62. The third kappa shape index (κ3) is 3.53. The van der Waals surface area contributed by atoms with Crippen LogP contribution in [0, 0.1) is 6.92 Å². The van der Waals surface area contributed by atoms with Crippen LogP contribution in [0.2, 0.25) is 0 Å². The average molecular weight is 370 g/mol. The lowest BCUT2D eigenvalue weighted by molar-refractivity contribution is 0.00578. The largest absolute Gasteiger partial charge is 0.494 e. The van der Waals surface area contributed by atoms with Gasteiger partial charge >= 0.3 is 7.12 Å². The van der Waals surface area contributed by atoms with E-state index in [0.29, 0.717) is 0 Å². The lowest BCUT2D eigenvalue weighted by atomic mass is 9.76. The Balaban J connectivity index is 1.84. The van der Waals surface area contributed by atoms with Crippen molar-refractivity contribution in [2.75, 3.05) is 0 Å². The van der Waals surface area contributed by atoms with Crippen LogP contribution in [0.4, 0.5) is 0 Å². The van der Waals surface area contributed by atoms with E-state index in [-0.39, 0.29) is 18.3 Å². The van der Waals surface area contributed by atoms with Crippen molar-refractivity contribution in [1.82, 2.24) is 0 Å². The van der Waals surface area contributed by atoms with E-state index in [9.17, 15) is 0 Å². The Labute approximate surface area is 168 Å². The Bertz CT molecular complexity index is 976. The van der Waals surface area contributed by atoms with E-state index in [0.717, 1.165) is 5.46 Å². The third-order valence-electron chi connectivity index (χ3n) is 5.94. The molecule has 1 fully saturated rings. The van der Waals surface area contributed by atoms with Gasteiger partial charge in [0.15, 0.2) is 0 Å². The molecular formula is C25H27BO2. The van der Waals surface area contributed by atoms with Crippen LogP contribution in [-0.2, 0) is 9.31 Å². The Morgan fingerprint density at radius 1 is 0.607 bits per heavy atom. The molecule has 1 aliphatic heterocycles. The first-order valence-electron chi connectivity index (χ1n) is 9.88. The maximum Gasteiger partial charge on any atom is 0.494 e. The summed E-state index contributed by atoms with van der Waals surface area (Å²) in [5, 5.41) is 0. The van der Waals surface area contributed by atoms with Crippen LogP contribution >= 0.6 is 0 Å². The fourth-order valence-corrected chi connectivity index (χ4v) is 3.56. The molecule has 0 unspecified atom stereocenters. The van der Waals surface area contributed by atoms with Gasteiger partial charge in [-0.2, -0.15) is 0 Å². The molecule has 142 valence electrons.